The van der Waals surface area contributed by atoms with Crippen LogP contribution in [0.3, 0.4) is 0 Å². The summed E-state index contributed by atoms with van der Waals surface area (Å²) >= 11 is 0. The summed E-state index contributed by atoms with van der Waals surface area (Å²) in [6.07, 6.45) is 6.21. The van der Waals surface area contributed by atoms with Crippen molar-refractivity contribution in [1.82, 2.24) is 5.32 Å². The summed E-state index contributed by atoms with van der Waals surface area (Å²) in [4.78, 5) is 0. The monoisotopic (exact) mass is 287 g/mol. The van der Waals surface area contributed by atoms with Gasteiger partial charge in [-0.3, -0.25) is 0 Å². The minimum atomic E-state index is 0.432. The van der Waals surface area contributed by atoms with Crippen LogP contribution in [-0.2, 0) is 6.42 Å². The number of benzene rings is 1. The molecule has 118 valence electrons. The van der Waals surface area contributed by atoms with Gasteiger partial charge in [-0.05, 0) is 66.7 Å². The predicted octanol–water partition coefficient (Wildman–Crippen LogP) is 5.60. The van der Waals surface area contributed by atoms with E-state index in [4.69, 9.17) is 0 Å². The van der Waals surface area contributed by atoms with Gasteiger partial charge in [0.25, 0.3) is 0 Å². The van der Waals surface area contributed by atoms with Crippen LogP contribution in [0, 0.1) is 5.41 Å². The summed E-state index contributed by atoms with van der Waals surface area (Å²) in [6, 6.07) is 7.79. The minimum absolute atomic E-state index is 0.432. The van der Waals surface area contributed by atoms with E-state index in [9.17, 15) is 0 Å². The Morgan fingerprint density at radius 1 is 1.29 bits per heavy atom. The molecule has 0 bridgehead atoms. The lowest BCUT2D eigenvalue weighted by molar-refractivity contribution is 0.273. The third-order valence-electron chi connectivity index (χ3n) is 5.20. The molecule has 0 amide bonds. The van der Waals surface area contributed by atoms with Crippen LogP contribution in [0.2, 0.25) is 0 Å². The molecule has 1 nitrogen and oxygen atoms in total. The molecule has 0 radical (unpaired) electrons. The molecule has 1 heteroatoms. The van der Waals surface area contributed by atoms with Crippen LogP contribution in [0.4, 0.5) is 0 Å². The second kappa shape index (κ2) is 6.96. The van der Waals surface area contributed by atoms with Gasteiger partial charge in [0, 0.05) is 6.04 Å². The Hall–Kier alpha value is -0.820. The third-order valence-corrected chi connectivity index (χ3v) is 5.20. The number of hydrogen-bond donors (Lipinski definition) is 1. The molecule has 1 aliphatic carbocycles. The molecular formula is C20H33N. The Kier molecular flexibility index (Phi) is 5.48. The predicted molar refractivity (Wildman–Crippen MR) is 92.9 cm³/mol. The van der Waals surface area contributed by atoms with E-state index >= 15 is 0 Å². The highest BCUT2D eigenvalue weighted by atomic mass is 14.9. The first-order chi connectivity index (χ1) is 9.96. The van der Waals surface area contributed by atoms with E-state index in [1.54, 1.807) is 11.1 Å². The Morgan fingerprint density at radius 3 is 2.71 bits per heavy atom. The average molecular weight is 287 g/mol. The molecule has 0 aliphatic heterocycles. The van der Waals surface area contributed by atoms with E-state index in [0.29, 0.717) is 17.4 Å². The largest absolute Gasteiger partial charge is 0.310 e. The van der Waals surface area contributed by atoms with Crippen molar-refractivity contribution in [1.29, 1.82) is 0 Å². The molecule has 2 rings (SSSR count). The van der Waals surface area contributed by atoms with Crippen molar-refractivity contribution in [3.8, 4) is 0 Å². The summed E-state index contributed by atoms with van der Waals surface area (Å²) in [6.45, 7) is 12.9. The maximum Gasteiger partial charge on any atom is 0.0328 e. The standard InChI is InChI=1S/C20H33N/c1-6-12-21-19-14-20(4,5)11-10-16-8-9-17(13-18(16)19)15(3)7-2/h8-9,13,15,19,21H,6-7,10-12,14H2,1-5H3. The Labute approximate surface area is 131 Å². The van der Waals surface area contributed by atoms with Gasteiger partial charge >= 0.3 is 0 Å². The SMILES string of the molecule is CCCNC1CC(C)(C)CCc2ccc(C(C)CC)cc21. The van der Waals surface area contributed by atoms with Gasteiger partial charge in [-0.25, -0.2) is 0 Å². The highest BCUT2D eigenvalue weighted by Crippen LogP contribution is 2.40. The fraction of sp³-hybridized carbons (Fsp3) is 0.700. The highest BCUT2D eigenvalue weighted by molar-refractivity contribution is 5.37. The van der Waals surface area contributed by atoms with E-state index in [1.165, 1.54) is 37.7 Å². The Balaban J connectivity index is 2.35. The van der Waals surface area contributed by atoms with Crippen molar-refractivity contribution in [2.75, 3.05) is 6.54 Å². The van der Waals surface area contributed by atoms with Gasteiger partial charge in [-0.1, -0.05) is 52.8 Å². The smallest absolute Gasteiger partial charge is 0.0328 e. The number of rotatable bonds is 5. The molecule has 2 unspecified atom stereocenters. The van der Waals surface area contributed by atoms with E-state index in [-0.39, 0.29) is 0 Å². The van der Waals surface area contributed by atoms with Crippen LogP contribution in [0.5, 0.6) is 0 Å². The van der Waals surface area contributed by atoms with Crippen LogP contribution in [0.25, 0.3) is 0 Å². The molecule has 0 saturated carbocycles. The highest BCUT2D eigenvalue weighted by Gasteiger charge is 2.29. The first-order valence-corrected chi connectivity index (χ1v) is 8.83. The maximum atomic E-state index is 3.81. The number of aryl methyl sites for hydroxylation is 1. The number of nitrogens with one attached hydrogen (secondary N) is 1. The lowest BCUT2D eigenvalue weighted by Crippen LogP contribution is -2.26. The van der Waals surface area contributed by atoms with Gasteiger partial charge in [0.15, 0.2) is 0 Å². The lowest BCUT2D eigenvalue weighted by Gasteiger charge is -2.28. The summed E-state index contributed by atoms with van der Waals surface area (Å²) < 4.78 is 0. The van der Waals surface area contributed by atoms with Crippen molar-refractivity contribution in [3.63, 3.8) is 0 Å². The molecule has 0 heterocycles. The number of hydrogen-bond acceptors (Lipinski definition) is 1. The summed E-state index contributed by atoms with van der Waals surface area (Å²) in [5.74, 6) is 0.665. The van der Waals surface area contributed by atoms with E-state index in [0.717, 1.165) is 6.54 Å². The van der Waals surface area contributed by atoms with Gasteiger partial charge in [0.2, 0.25) is 0 Å². The first kappa shape index (κ1) is 16.5. The van der Waals surface area contributed by atoms with Crippen molar-refractivity contribution >= 4 is 0 Å². The second-order valence-corrected chi connectivity index (χ2v) is 7.64. The van der Waals surface area contributed by atoms with E-state index in [2.05, 4.69) is 58.1 Å². The molecule has 1 N–H and O–H groups in total. The van der Waals surface area contributed by atoms with Crippen LogP contribution in [0.15, 0.2) is 18.2 Å². The zero-order chi connectivity index (χ0) is 15.5. The molecule has 1 aromatic carbocycles. The quantitative estimate of drug-likeness (QED) is 0.695. The normalized spacial score (nSPS) is 22.4. The fourth-order valence-corrected chi connectivity index (χ4v) is 3.45. The fourth-order valence-electron chi connectivity index (χ4n) is 3.45. The molecule has 1 aromatic rings. The van der Waals surface area contributed by atoms with Gasteiger partial charge in [0.1, 0.15) is 0 Å². The van der Waals surface area contributed by atoms with Crippen molar-refractivity contribution in [2.24, 2.45) is 5.41 Å². The van der Waals surface area contributed by atoms with Crippen LogP contribution < -0.4 is 5.32 Å². The van der Waals surface area contributed by atoms with Crippen molar-refractivity contribution in [2.45, 2.75) is 78.7 Å². The summed E-state index contributed by atoms with van der Waals surface area (Å²) in [5, 5.41) is 3.81. The second-order valence-electron chi connectivity index (χ2n) is 7.64. The van der Waals surface area contributed by atoms with Crippen LogP contribution >= 0.6 is 0 Å². The molecule has 0 spiro atoms. The van der Waals surface area contributed by atoms with E-state index < -0.39 is 0 Å². The maximum absolute atomic E-state index is 3.81. The van der Waals surface area contributed by atoms with Crippen LogP contribution in [0.1, 0.15) is 89.0 Å². The van der Waals surface area contributed by atoms with Crippen molar-refractivity contribution in [3.05, 3.63) is 34.9 Å². The Bertz CT molecular complexity index is 461. The molecular weight excluding hydrogens is 254 g/mol. The minimum Gasteiger partial charge on any atom is -0.310 e. The zero-order valence-electron chi connectivity index (χ0n) is 14.6. The molecule has 1 aliphatic rings. The summed E-state index contributed by atoms with van der Waals surface area (Å²) in [5.41, 5.74) is 5.09. The molecule has 0 fully saturated rings. The van der Waals surface area contributed by atoms with Gasteiger partial charge in [-0.15, -0.1) is 0 Å². The molecule has 21 heavy (non-hydrogen) atoms. The van der Waals surface area contributed by atoms with Gasteiger partial charge in [0.05, 0.1) is 0 Å². The van der Waals surface area contributed by atoms with Gasteiger partial charge in [-0.2, -0.15) is 0 Å². The molecule has 0 aromatic heterocycles. The molecule has 0 saturated heterocycles. The molecule has 2 atom stereocenters. The topological polar surface area (TPSA) is 12.0 Å². The van der Waals surface area contributed by atoms with E-state index in [1.807, 2.05) is 0 Å². The average Bonchev–Trinajstić information content (AvgIpc) is 2.60. The number of fused-ring (bicyclic) bond motifs is 1. The zero-order valence-corrected chi connectivity index (χ0v) is 14.6. The van der Waals surface area contributed by atoms with Crippen LogP contribution in [-0.4, -0.2) is 6.54 Å². The first-order valence-electron chi connectivity index (χ1n) is 8.83. The Morgan fingerprint density at radius 2 is 2.05 bits per heavy atom. The third kappa shape index (κ3) is 4.10. The van der Waals surface area contributed by atoms with Gasteiger partial charge < -0.3 is 5.32 Å². The van der Waals surface area contributed by atoms with Crippen molar-refractivity contribution < 1.29 is 0 Å². The summed E-state index contributed by atoms with van der Waals surface area (Å²) in [7, 11) is 0. The lowest BCUT2D eigenvalue weighted by atomic mass is 9.82.